The molecular weight excluding hydrogens is 298 g/mol. The van der Waals surface area contributed by atoms with Gasteiger partial charge in [-0.1, -0.05) is 0 Å². The zero-order valence-corrected chi connectivity index (χ0v) is 11.9. The third kappa shape index (κ3) is 2.53. The number of esters is 1. The molecule has 1 saturated heterocycles. The van der Waals surface area contributed by atoms with Gasteiger partial charge in [0.1, 0.15) is 0 Å². The highest BCUT2D eigenvalue weighted by Crippen LogP contribution is 2.58. The lowest BCUT2D eigenvalue weighted by atomic mass is 9.76. The van der Waals surface area contributed by atoms with E-state index >= 15 is 0 Å². The molecule has 1 saturated carbocycles. The maximum Gasteiger partial charge on any atom is 0.402 e. The van der Waals surface area contributed by atoms with E-state index in [2.05, 4.69) is 4.74 Å². The lowest BCUT2D eigenvalue weighted by Gasteiger charge is -2.26. The molecule has 0 bridgehead atoms. The number of carbonyl (C=O) groups is 1. The summed E-state index contributed by atoms with van der Waals surface area (Å²) >= 11 is 0. The van der Waals surface area contributed by atoms with E-state index in [-0.39, 0.29) is 5.60 Å². The van der Waals surface area contributed by atoms with E-state index in [0.29, 0.717) is 19.3 Å². The van der Waals surface area contributed by atoms with E-state index in [0.717, 1.165) is 0 Å². The molecule has 2 aliphatic rings. The number of alkyl halides is 2. The predicted octanol–water partition coefficient (Wildman–Crippen LogP) is 1.36. The minimum Gasteiger partial charge on any atom is -0.458 e. The van der Waals surface area contributed by atoms with Crippen molar-refractivity contribution in [3.05, 3.63) is 0 Å². The van der Waals surface area contributed by atoms with E-state index in [9.17, 15) is 22.0 Å². The summed E-state index contributed by atoms with van der Waals surface area (Å²) in [6.07, 6.45) is 1.39. The number of hydrogen-bond donors (Lipinski definition) is 1. The Kier molecular flexibility index (Phi) is 3.39. The van der Waals surface area contributed by atoms with Gasteiger partial charge in [0.15, 0.2) is 6.61 Å². The minimum absolute atomic E-state index is 0.276. The highest BCUT2D eigenvalue weighted by Gasteiger charge is 2.66. The van der Waals surface area contributed by atoms with E-state index in [1.807, 2.05) is 13.8 Å². The van der Waals surface area contributed by atoms with Crippen LogP contribution in [-0.4, -0.2) is 42.0 Å². The number of fused-ring (bicyclic) bond motifs is 1. The second-order valence-electron chi connectivity index (χ2n) is 5.72. The minimum atomic E-state index is -5.59. The van der Waals surface area contributed by atoms with E-state index < -0.39 is 39.5 Å². The quantitative estimate of drug-likeness (QED) is 0.478. The highest BCUT2D eigenvalue weighted by molar-refractivity contribution is 7.86. The molecule has 0 radical (unpaired) electrons. The van der Waals surface area contributed by atoms with Gasteiger partial charge in [0.2, 0.25) is 0 Å². The molecule has 1 N–H and O–H groups in total. The van der Waals surface area contributed by atoms with Gasteiger partial charge < -0.3 is 9.47 Å². The van der Waals surface area contributed by atoms with Crippen molar-refractivity contribution in [2.75, 3.05) is 6.61 Å². The summed E-state index contributed by atoms with van der Waals surface area (Å²) in [7, 11) is -5.59. The fourth-order valence-corrected chi connectivity index (χ4v) is 2.82. The summed E-state index contributed by atoms with van der Waals surface area (Å²) in [5, 5.41) is -4.49. The van der Waals surface area contributed by atoms with Crippen LogP contribution in [0.5, 0.6) is 0 Å². The third-order valence-electron chi connectivity index (χ3n) is 4.23. The molecule has 3 unspecified atom stereocenters. The van der Waals surface area contributed by atoms with Gasteiger partial charge in [0.05, 0.1) is 17.1 Å². The van der Waals surface area contributed by atoms with Crippen LogP contribution in [0.4, 0.5) is 8.78 Å². The van der Waals surface area contributed by atoms with Crippen LogP contribution < -0.4 is 0 Å². The largest absolute Gasteiger partial charge is 0.458 e. The molecule has 3 atom stereocenters. The van der Waals surface area contributed by atoms with Crippen molar-refractivity contribution in [3.8, 4) is 0 Å². The summed E-state index contributed by atoms with van der Waals surface area (Å²) in [5.41, 5.74) is -0.733. The number of rotatable bonds is 4. The van der Waals surface area contributed by atoms with Gasteiger partial charge in [-0.25, -0.2) is 0 Å². The van der Waals surface area contributed by atoms with E-state index in [1.165, 1.54) is 0 Å². The van der Waals surface area contributed by atoms with Gasteiger partial charge in [-0.2, -0.15) is 17.2 Å². The molecule has 0 spiro atoms. The van der Waals surface area contributed by atoms with Gasteiger partial charge >= 0.3 is 21.3 Å². The summed E-state index contributed by atoms with van der Waals surface area (Å²) in [5.74, 6) is -1.50. The Bertz CT molecular complexity index is 533. The Morgan fingerprint density at radius 3 is 2.55 bits per heavy atom. The molecule has 20 heavy (non-hydrogen) atoms. The van der Waals surface area contributed by atoms with E-state index in [1.54, 1.807) is 0 Å². The second-order valence-corrected chi connectivity index (χ2v) is 7.27. The highest BCUT2D eigenvalue weighted by atomic mass is 32.2. The van der Waals surface area contributed by atoms with Crippen molar-refractivity contribution in [2.45, 2.75) is 49.6 Å². The Hall–Kier alpha value is -0.800. The number of ether oxygens (including phenoxy) is 2. The van der Waals surface area contributed by atoms with Crippen LogP contribution in [0.3, 0.4) is 0 Å². The molecule has 116 valence electrons. The maximum absolute atomic E-state index is 12.9. The average Bonchev–Trinajstić information content (AvgIpc) is 2.86. The van der Waals surface area contributed by atoms with Crippen molar-refractivity contribution in [3.63, 3.8) is 0 Å². The Morgan fingerprint density at radius 2 is 2.05 bits per heavy atom. The molecule has 0 aromatic carbocycles. The predicted molar refractivity (Wildman–Crippen MR) is 62.7 cm³/mol. The number of halogens is 2. The summed E-state index contributed by atoms with van der Waals surface area (Å²) in [6, 6.07) is 0. The first-order valence-corrected chi connectivity index (χ1v) is 7.56. The molecule has 9 heteroatoms. The van der Waals surface area contributed by atoms with Crippen LogP contribution in [-0.2, 0) is 24.4 Å². The monoisotopic (exact) mass is 314 g/mol. The van der Waals surface area contributed by atoms with Crippen molar-refractivity contribution in [1.82, 2.24) is 0 Å². The lowest BCUT2D eigenvalue weighted by molar-refractivity contribution is -0.156. The van der Waals surface area contributed by atoms with Crippen LogP contribution in [0, 0.1) is 5.92 Å². The maximum atomic E-state index is 12.9. The third-order valence-corrected chi connectivity index (χ3v) is 5.10. The first-order chi connectivity index (χ1) is 8.90. The molecule has 0 aromatic heterocycles. The van der Waals surface area contributed by atoms with Crippen LogP contribution in [0.1, 0.15) is 33.1 Å². The van der Waals surface area contributed by atoms with Gasteiger partial charge in [0, 0.05) is 0 Å². The van der Waals surface area contributed by atoms with Crippen LogP contribution in [0.15, 0.2) is 0 Å². The Balaban J connectivity index is 1.91. The molecule has 1 aliphatic heterocycles. The standard InChI is InChI=1S/C11H16F2O6S/c1-9-4-3-7(5-10(9,2)19-9)8(14)18-6-11(12,13)20(15,16)17/h7H,3-6H2,1-2H3,(H,15,16,17). The Labute approximate surface area is 115 Å². The first kappa shape index (κ1) is 15.6. The molecular formula is C11H16F2O6S. The fourth-order valence-electron chi connectivity index (χ4n) is 2.62. The van der Waals surface area contributed by atoms with E-state index in [4.69, 9.17) is 9.29 Å². The molecule has 1 aliphatic carbocycles. The average molecular weight is 314 g/mol. The second kappa shape index (κ2) is 4.35. The summed E-state index contributed by atoms with van der Waals surface area (Å²) < 4.78 is 64.8. The number of carbonyl (C=O) groups excluding carboxylic acids is 1. The van der Waals surface area contributed by atoms with Crippen LogP contribution >= 0.6 is 0 Å². The number of hydrogen-bond acceptors (Lipinski definition) is 5. The zero-order valence-electron chi connectivity index (χ0n) is 11.1. The van der Waals surface area contributed by atoms with Crippen molar-refractivity contribution < 1.29 is 36.0 Å². The van der Waals surface area contributed by atoms with Crippen molar-refractivity contribution in [2.24, 2.45) is 5.92 Å². The Morgan fingerprint density at radius 1 is 1.45 bits per heavy atom. The normalized spacial score (nSPS) is 37.1. The molecule has 6 nitrogen and oxygen atoms in total. The zero-order chi connectivity index (χ0) is 15.4. The van der Waals surface area contributed by atoms with Gasteiger partial charge in [-0.05, 0) is 33.1 Å². The SMILES string of the molecule is CC12CCC(C(=O)OCC(F)(F)S(=O)(=O)O)CC1(C)O2. The summed E-state index contributed by atoms with van der Waals surface area (Å²) in [4.78, 5) is 11.7. The van der Waals surface area contributed by atoms with Gasteiger partial charge in [-0.3, -0.25) is 9.35 Å². The molecule has 2 rings (SSSR count). The van der Waals surface area contributed by atoms with Crippen LogP contribution in [0.25, 0.3) is 0 Å². The van der Waals surface area contributed by atoms with Crippen LogP contribution in [0.2, 0.25) is 0 Å². The smallest absolute Gasteiger partial charge is 0.402 e. The van der Waals surface area contributed by atoms with Gasteiger partial charge in [0.25, 0.3) is 0 Å². The lowest BCUT2D eigenvalue weighted by Crippen LogP contribution is -2.38. The molecule has 1 heterocycles. The fraction of sp³-hybridized carbons (Fsp3) is 0.909. The van der Waals surface area contributed by atoms with Crippen molar-refractivity contribution in [1.29, 1.82) is 0 Å². The molecule has 0 aromatic rings. The number of epoxide rings is 1. The van der Waals surface area contributed by atoms with Crippen molar-refractivity contribution >= 4 is 16.1 Å². The molecule has 0 amide bonds. The molecule has 2 fully saturated rings. The first-order valence-electron chi connectivity index (χ1n) is 6.12. The van der Waals surface area contributed by atoms with Gasteiger partial charge in [-0.15, -0.1) is 0 Å². The summed E-state index contributed by atoms with van der Waals surface area (Å²) in [6.45, 7) is 2.07. The topological polar surface area (TPSA) is 93.2 Å².